The van der Waals surface area contributed by atoms with Crippen LogP contribution in [0.3, 0.4) is 0 Å². The molecule has 0 saturated carbocycles. The van der Waals surface area contributed by atoms with E-state index in [0.717, 1.165) is 5.39 Å². The Morgan fingerprint density at radius 2 is 2.20 bits per heavy atom. The van der Waals surface area contributed by atoms with Gasteiger partial charge in [0.25, 0.3) is 5.91 Å². The van der Waals surface area contributed by atoms with Gasteiger partial charge in [-0.15, -0.1) is 0 Å². The SMILES string of the molecule is COCCN(C(=O)c1oc2c(Cl)cccc2c1C)C1CCS(=O)(=O)C1. The molecular weight excluding hydrogens is 366 g/mol. The Balaban J connectivity index is 1.97. The number of rotatable bonds is 5. The van der Waals surface area contributed by atoms with Gasteiger partial charge in [-0.3, -0.25) is 4.79 Å². The van der Waals surface area contributed by atoms with Crippen LogP contribution in [-0.4, -0.2) is 57.0 Å². The first kappa shape index (κ1) is 18.2. The fourth-order valence-electron chi connectivity index (χ4n) is 3.20. The average molecular weight is 386 g/mol. The van der Waals surface area contributed by atoms with Gasteiger partial charge in [0.05, 0.1) is 23.1 Å². The van der Waals surface area contributed by atoms with Crippen molar-refractivity contribution in [3.8, 4) is 0 Å². The molecule has 2 heterocycles. The molecule has 1 aromatic heterocycles. The summed E-state index contributed by atoms with van der Waals surface area (Å²) in [5.74, 6) is -0.0607. The number of furan rings is 1. The second kappa shape index (κ2) is 6.97. The number of fused-ring (bicyclic) bond motifs is 1. The average Bonchev–Trinajstić information content (AvgIpc) is 3.09. The van der Waals surface area contributed by atoms with Crippen LogP contribution in [0.1, 0.15) is 22.5 Å². The number of carbonyl (C=O) groups is 1. The monoisotopic (exact) mass is 385 g/mol. The van der Waals surface area contributed by atoms with Gasteiger partial charge >= 0.3 is 0 Å². The molecule has 1 amide bonds. The van der Waals surface area contributed by atoms with Crippen LogP contribution >= 0.6 is 11.6 Å². The lowest BCUT2D eigenvalue weighted by molar-refractivity contribution is 0.0594. The van der Waals surface area contributed by atoms with Gasteiger partial charge in [-0.05, 0) is 19.4 Å². The number of benzene rings is 1. The molecule has 1 atom stereocenters. The summed E-state index contributed by atoms with van der Waals surface area (Å²) in [5, 5.41) is 1.22. The summed E-state index contributed by atoms with van der Waals surface area (Å²) < 4.78 is 34.5. The van der Waals surface area contributed by atoms with Crippen molar-refractivity contribution in [3.05, 3.63) is 34.5 Å². The van der Waals surface area contributed by atoms with Gasteiger partial charge in [-0.2, -0.15) is 0 Å². The second-order valence-electron chi connectivity index (χ2n) is 6.22. The van der Waals surface area contributed by atoms with Crippen LogP contribution in [0.2, 0.25) is 5.02 Å². The molecule has 1 saturated heterocycles. The highest BCUT2D eigenvalue weighted by molar-refractivity contribution is 7.91. The van der Waals surface area contributed by atoms with E-state index in [-0.39, 0.29) is 29.2 Å². The number of halogens is 1. The Labute approximate surface area is 151 Å². The van der Waals surface area contributed by atoms with E-state index >= 15 is 0 Å². The van der Waals surface area contributed by atoms with Gasteiger partial charge in [-0.25, -0.2) is 8.42 Å². The van der Waals surface area contributed by atoms with Gasteiger partial charge in [0, 0.05) is 30.6 Å². The summed E-state index contributed by atoms with van der Waals surface area (Å²) >= 11 is 6.16. The quantitative estimate of drug-likeness (QED) is 0.790. The molecule has 3 rings (SSSR count). The molecule has 1 aliphatic rings. The molecule has 2 aromatic rings. The number of carbonyl (C=O) groups excluding carboxylic acids is 1. The molecule has 25 heavy (non-hydrogen) atoms. The number of sulfone groups is 1. The highest BCUT2D eigenvalue weighted by Crippen LogP contribution is 2.32. The van der Waals surface area contributed by atoms with Gasteiger partial charge in [-0.1, -0.05) is 23.7 Å². The maximum Gasteiger partial charge on any atom is 0.290 e. The normalized spacial score (nSPS) is 19.4. The molecule has 0 spiro atoms. The lowest BCUT2D eigenvalue weighted by Gasteiger charge is -2.27. The molecule has 1 fully saturated rings. The van der Waals surface area contributed by atoms with Gasteiger partial charge < -0.3 is 14.1 Å². The first-order valence-electron chi connectivity index (χ1n) is 8.02. The van der Waals surface area contributed by atoms with Gasteiger partial charge in [0.2, 0.25) is 0 Å². The molecule has 136 valence electrons. The first-order chi connectivity index (χ1) is 11.8. The van der Waals surface area contributed by atoms with Crippen molar-refractivity contribution in [3.63, 3.8) is 0 Å². The number of nitrogens with zero attached hydrogens (tertiary/aromatic N) is 1. The zero-order valence-corrected chi connectivity index (χ0v) is 15.7. The zero-order chi connectivity index (χ0) is 18.2. The highest BCUT2D eigenvalue weighted by atomic mass is 35.5. The summed E-state index contributed by atoms with van der Waals surface area (Å²) in [7, 11) is -1.57. The maximum atomic E-state index is 13.1. The molecule has 8 heteroatoms. The number of hydrogen-bond donors (Lipinski definition) is 0. The van der Waals surface area contributed by atoms with Crippen molar-refractivity contribution in [1.29, 1.82) is 0 Å². The minimum Gasteiger partial charge on any atom is -0.449 e. The fraction of sp³-hybridized carbons (Fsp3) is 0.471. The molecule has 1 aromatic carbocycles. The minimum absolute atomic E-state index is 0.0253. The largest absolute Gasteiger partial charge is 0.449 e. The Bertz CT molecular complexity index is 905. The summed E-state index contributed by atoms with van der Waals surface area (Å²) in [4.78, 5) is 14.6. The topological polar surface area (TPSA) is 76.8 Å². The first-order valence-corrected chi connectivity index (χ1v) is 10.2. The zero-order valence-electron chi connectivity index (χ0n) is 14.1. The molecule has 0 aliphatic carbocycles. The van der Waals surface area contributed by atoms with Crippen molar-refractivity contribution in [2.45, 2.75) is 19.4 Å². The Morgan fingerprint density at radius 1 is 1.44 bits per heavy atom. The van der Waals surface area contributed by atoms with Gasteiger partial charge in [0.1, 0.15) is 0 Å². The third-order valence-electron chi connectivity index (χ3n) is 4.56. The van der Waals surface area contributed by atoms with E-state index < -0.39 is 9.84 Å². The lowest BCUT2D eigenvalue weighted by atomic mass is 10.1. The molecule has 0 bridgehead atoms. The minimum atomic E-state index is -3.11. The number of amides is 1. The van der Waals surface area contributed by atoms with Crippen molar-refractivity contribution < 1.29 is 22.4 Å². The van der Waals surface area contributed by atoms with Crippen molar-refractivity contribution in [2.75, 3.05) is 31.8 Å². The Morgan fingerprint density at radius 3 is 2.80 bits per heavy atom. The molecule has 1 aliphatic heterocycles. The van der Waals surface area contributed by atoms with Crippen LogP contribution in [0.25, 0.3) is 11.0 Å². The molecule has 0 N–H and O–H groups in total. The summed E-state index contributed by atoms with van der Waals surface area (Å²) in [6, 6.07) is 4.98. The third-order valence-corrected chi connectivity index (χ3v) is 6.60. The molecule has 1 unspecified atom stereocenters. The van der Waals surface area contributed by atoms with Crippen LogP contribution in [0.15, 0.2) is 22.6 Å². The van der Waals surface area contributed by atoms with E-state index in [9.17, 15) is 13.2 Å². The van der Waals surface area contributed by atoms with Crippen LogP contribution in [0.4, 0.5) is 0 Å². The summed E-state index contributed by atoms with van der Waals surface area (Å²) in [6.07, 6.45) is 0.428. The van der Waals surface area contributed by atoms with Crippen molar-refractivity contribution in [2.24, 2.45) is 0 Å². The Kier molecular flexibility index (Phi) is 5.09. The molecule has 6 nitrogen and oxygen atoms in total. The number of hydrogen-bond acceptors (Lipinski definition) is 5. The number of para-hydroxylation sites is 1. The van der Waals surface area contributed by atoms with Gasteiger partial charge in [0.15, 0.2) is 21.2 Å². The van der Waals surface area contributed by atoms with Crippen LogP contribution in [0, 0.1) is 6.92 Å². The molecular formula is C17H20ClNO5S. The highest BCUT2D eigenvalue weighted by Gasteiger charge is 2.36. The standard InChI is InChI=1S/C17H20ClNO5S/c1-11-13-4-3-5-14(18)16(13)24-15(11)17(20)19(7-8-23-2)12-6-9-25(21,22)10-12/h3-5,12H,6-10H2,1-2H3. The lowest BCUT2D eigenvalue weighted by Crippen LogP contribution is -2.43. The van der Waals surface area contributed by atoms with Crippen molar-refractivity contribution in [1.82, 2.24) is 4.90 Å². The number of methoxy groups -OCH3 is 1. The molecule has 0 radical (unpaired) electrons. The predicted octanol–water partition coefficient (Wildman–Crippen LogP) is 2.67. The smallest absolute Gasteiger partial charge is 0.290 e. The van der Waals surface area contributed by atoms with E-state index in [1.165, 1.54) is 0 Å². The van der Waals surface area contributed by atoms with E-state index in [4.69, 9.17) is 20.8 Å². The van der Waals surface area contributed by atoms with Crippen LogP contribution in [-0.2, 0) is 14.6 Å². The van der Waals surface area contributed by atoms with Crippen molar-refractivity contribution >= 4 is 38.3 Å². The number of aryl methyl sites for hydroxylation is 1. The summed E-state index contributed by atoms with van der Waals surface area (Å²) in [5.41, 5.74) is 1.17. The maximum absolute atomic E-state index is 13.1. The van der Waals surface area contributed by atoms with Crippen LogP contribution < -0.4 is 0 Å². The fourth-order valence-corrected chi connectivity index (χ4v) is 5.15. The Hall–Kier alpha value is -1.57. The van der Waals surface area contributed by atoms with E-state index in [2.05, 4.69) is 0 Å². The van der Waals surface area contributed by atoms with E-state index in [1.807, 2.05) is 6.07 Å². The predicted molar refractivity (Wildman–Crippen MR) is 95.9 cm³/mol. The van der Waals surface area contributed by atoms with E-state index in [0.29, 0.717) is 35.7 Å². The van der Waals surface area contributed by atoms with E-state index in [1.54, 1.807) is 31.1 Å². The second-order valence-corrected chi connectivity index (χ2v) is 8.86. The number of ether oxygens (including phenoxy) is 1. The third kappa shape index (κ3) is 3.54. The summed E-state index contributed by atoms with van der Waals surface area (Å²) in [6.45, 7) is 2.43. The van der Waals surface area contributed by atoms with Crippen LogP contribution in [0.5, 0.6) is 0 Å².